The number of ketones is 4. The molecule has 0 heterocycles. The molecule has 2 fully saturated rings. The Labute approximate surface area is 360 Å². The molecular formula is C42H44F2N6O14. The Bertz CT molecular complexity index is 2650. The lowest BCUT2D eigenvalue weighted by Gasteiger charge is -2.50. The fourth-order valence-corrected chi connectivity index (χ4v) is 10.6. The number of fused-ring (bicyclic) bond motifs is 6. The Morgan fingerprint density at radius 3 is 1.48 bits per heavy atom. The number of aliphatic hydroxyl groups is 6. The van der Waals surface area contributed by atoms with Gasteiger partial charge in [0.05, 0.1) is 28.9 Å². The summed E-state index contributed by atoms with van der Waals surface area (Å²) < 4.78 is 28.2. The van der Waals surface area contributed by atoms with Gasteiger partial charge in [0.2, 0.25) is 11.6 Å². The SMILES string of the molecule is CN(C)[C@@H]1C(=O)C(C(N)=O)=C(O)[C@@]2(O)C(=O)C3=C(O)c4c(O)cc(F)c(N)c4C[C@H]3C[C@@H]12.CN(C)[C@@H]1C(=O)C(C(N)=O)=C(O)[C@@]2(O)C(=O)C3=C(O)c4c(cc(F)c(N)c4O)C[C@H]3C[C@@H]12. The van der Waals surface area contributed by atoms with E-state index in [4.69, 9.17) is 22.9 Å². The Balaban J connectivity index is 0.000000191. The van der Waals surface area contributed by atoms with Crippen LogP contribution >= 0.6 is 0 Å². The number of hydrogen-bond donors (Lipinski definition) is 12. The van der Waals surface area contributed by atoms with Gasteiger partial charge in [0, 0.05) is 29.0 Å². The van der Waals surface area contributed by atoms with E-state index in [1.807, 2.05) is 0 Å². The maximum Gasteiger partial charge on any atom is 0.255 e. The number of anilines is 2. The zero-order valence-electron chi connectivity index (χ0n) is 34.4. The molecule has 0 radical (unpaired) electrons. The average Bonchev–Trinajstić information content (AvgIpc) is 3.18. The maximum absolute atomic E-state index is 14.1. The first-order chi connectivity index (χ1) is 29.7. The van der Waals surface area contributed by atoms with E-state index in [1.165, 1.54) is 38.0 Å². The van der Waals surface area contributed by atoms with Gasteiger partial charge in [0.25, 0.3) is 11.8 Å². The first-order valence-electron chi connectivity index (χ1n) is 19.6. The highest BCUT2D eigenvalue weighted by Crippen LogP contribution is 2.55. The number of benzene rings is 2. The van der Waals surface area contributed by atoms with Crippen LogP contribution in [0.5, 0.6) is 11.5 Å². The first-order valence-corrected chi connectivity index (χ1v) is 19.6. The predicted octanol–water partition coefficient (Wildman–Crippen LogP) is -0.629. The van der Waals surface area contributed by atoms with Crippen LogP contribution in [0.3, 0.4) is 0 Å². The number of Topliss-reactive ketones (excluding diaryl/α,β-unsaturated/α-hetero) is 4. The normalized spacial score (nSPS) is 29.7. The fraction of sp³-hybridized carbons (Fsp3) is 0.381. The topological polar surface area (TPSA) is 375 Å². The second-order valence-electron chi connectivity index (χ2n) is 17.2. The molecule has 8 rings (SSSR count). The van der Waals surface area contributed by atoms with Crippen molar-refractivity contribution in [2.24, 2.45) is 35.1 Å². The molecular weight excluding hydrogens is 850 g/mol. The summed E-state index contributed by atoms with van der Waals surface area (Å²) >= 11 is 0. The van der Waals surface area contributed by atoms with E-state index in [0.29, 0.717) is 6.07 Å². The number of carbonyl (C=O) groups excluding carboxylic acids is 6. The van der Waals surface area contributed by atoms with Crippen LogP contribution in [0.25, 0.3) is 11.5 Å². The average molecular weight is 895 g/mol. The predicted molar refractivity (Wildman–Crippen MR) is 217 cm³/mol. The van der Waals surface area contributed by atoms with Gasteiger partial charge in [0.1, 0.15) is 57.3 Å². The molecule has 2 aromatic carbocycles. The first kappa shape index (κ1) is 45.2. The number of aromatic hydroxyl groups is 2. The molecule has 0 aromatic heterocycles. The molecule has 20 nitrogen and oxygen atoms in total. The Morgan fingerprint density at radius 1 is 0.656 bits per heavy atom. The summed E-state index contributed by atoms with van der Waals surface area (Å²) in [5.41, 5.74) is 12.8. The summed E-state index contributed by atoms with van der Waals surface area (Å²) in [6.07, 6.45) is -0.230. The van der Waals surface area contributed by atoms with Crippen LogP contribution in [0.4, 0.5) is 20.2 Å². The van der Waals surface area contributed by atoms with Gasteiger partial charge >= 0.3 is 0 Å². The molecule has 0 aliphatic heterocycles. The largest absolute Gasteiger partial charge is 0.508 e. The second-order valence-corrected chi connectivity index (χ2v) is 17.2. The highest BCUT2D eigenvalue weighted by Gasteiger charge is 2.66. The zero-order chi connectivity index (χ0) is 47.7. The van der Waals surface area contributed by atoms with Gasteiger partial charge in [-0.05, 0) is 82.9 Å². The van der Waals surface area contributed by atoms with E-state index in [0.717, 1.165) is 6.07 Å². The third kappa shape index (κ3) is 5.92. The van der Waals surface area contributed by atoms with Crippen molar-refractivity contribution in [2.75, 3.05) is 39.7 Å². The lowest BCUT2D eigenvalue weighted by Crippen LogP contribution is -2.65. The second kappa shape index (κ2) is 14.9. The summed E-state index contributed by atoms with van der Waals surface area (Å²) in [6, 6.07) is -0.629. The summed E-state index contributed by atoms with van der Waals surface area (Å²) in [7, 11) is 6.00. The Morgan fingerprint density at radius 2 is 1.06 bits per heavy atom. The number of rotatable bonds is 4. The van der Waals surface area contributed by atoms with Gasteiger partial charge in [-0.25, -0.2) is 8.78 Å². The van der Waals surface area contributed by atoms with Gasteiger partial charge in [0.15, 0.2) is 28.5 Å². The van der Waals surface area contributed by atoms with Gasteiger partial charge in [-0.3, -0.25) is 38.6 Å². The molecule has 2 aromatic rings. The van der Waals surface area contributed by atoms with Crippen molar-refractivity contribution in [2.45, 2.75) is 49.0 Å². The number of nitrogen functional groups attached to an aromatic ring is 2. The fourth-order valence-electron chi connectivity index (χ4n) is 10.6. The van der Waals surface area contributed by atoms with Crippen LogP contribution < -0.4 is 22.9 Å². The highest BCUT2D eigenvalue weighted by molar-refractivity contribution is 6.25. The molecule has 0 unspecified atom stereocenters. The molecule has 340 valence electrons. The lowest BCUT2D eigenvalue weighted by atomic mass is 9.57. The van der Waals surface area contributed by atoms with E-state index in [9.17, 15) is 78.4 Å². The third-order valence-electron chi connectivity index (χ3n) is 13.4. The number of phenols is 2. The Kier molecular flexibility index (Phi) is 10.5. The molecule has 0 saturated heterocycles. The lowest BCUT2D eigenvalue weighted by molar-refractivity contribution is -0.155. The minimum atomic E-state index is -2.72. The van der Waals surface area contributed by atoms with Gasteiger partial charge < -0.3 is 63.8 Å². The zero-order valence-corrected chi connectivity index (χ0v) is 34.4. The number of aliphatic hydroxyl groups excluding tert-OH is 4. The van der Waals surface area contributed by atoms with Crippen LogP contribution in [0.15, 0.2) is 45.9 Å². The van der Waals surface area contributed by atoms with E-state index in [1.54, 1.807) is 0 Å². The van der Waals surface area contributed by atoms with Crippen molar-refractivity contribution in [3.8, 4) is 11.5 Å². The van der Waals surface area contributed by atoms with Crippen LogP contribution in [0.2, 0.25) is 0 Å². The number of primary amides is 2. The standard InChI is InChI=1S/2C21H22FN3O7/c1-25(2)15-8-4-6-3-7-12(10(26)5-9(22)14(7)23)16(27)11(6)18(29)21(8,32)19(30)13(17(15)28)20(24)31;1-25(2)14-8-4-6-3-7-5-9(22)13(23)16(27)10(7)15(26)11(6)18(29)21(8,32)19(30)12(17(14)28)20(24)31/h5-6,8,15,26-27,30,32H,3-4,23H2,1-2H3,(H2,24,31);5-6,8,14,26-27,30,32H,3-4,23H2,1-2H3,(H2,24,31)/t6-,8-,15-,21-;6-,8-,14-,21-/m00/s1. The van der Waals surface area contributed by atoms with Crippen molar-refractivity contribution in [1.29, 1.82) is 0 Å². The van der Waals surface area contributed by atoms with Crippen LogP contribution in [-0.2, 0) is 41.6 Å². The van der Waals surface area contributed by atoms with Crippen molar-refractivity contribution in [3.05, 3.63) is 79.8 Å². The number of nitrogens with two attached hydrogens (primary N) is 4. The molecule has 16 N–H and O–H groups in total. The molecule has 22 heteroatoms. The van der Waals surface area contributed by atoms with Crippen molar-refractivity contribution >= 4 is 57.8 Å². The summed E-state index contributed by atoms with van der Waals surface area (Å²) in [5, 5.41) is 86.4. The molecule has 0 spiro atoms. The summed E-state index contributed by atoms with van der Waals surface area (Å²) in [4.78, 5) is 79.5. The minimum Gasteiger partial charge on any atom is -0.508 e. The maximum atomic E-state index is 14.1. The third-order valence-corrected chi connectivity index (χ3v) is 13.4. The number of phenolic OH excluding ortho intramolecular Hbond substituents is 2. The number of likely N-dealkylation sites (N-methyl/N-ethyl adjacent to an activating group) is 2. The van der Waals surface area contributed by atoms with Gasteiger partial charge in [-0.2, -0.15) is 0 Å². The monoisotopic (exact) mass is 894 g/mol. The van der Waals surface area contributed by atoms with Gasteiger partial charge in [-0.1, -0.05) is 0 Å². The quantitative estimate of drug-likeness (QED) is 0.0787. The van der Waals surface area contributed by atoms with Crippen molar-refractivity contribution in [3.63, 3.8) is 0 Å². The number of amides is 2. The molecule has 0 bridgehead atoms. The van der Waals surface area contributed by atoms with E-state index in [-0.39, 0.29) is 64.8 Å². The Hall–Kier alpha value is -6.88. The molecule has 6 aliphatic rings. The molecule has 2 amide bonds. The van der Waals surface area contributed by atoms with E-state index >= 15 is 0 Å². The number of halogens is 2. The van der Waals surface area contributed by atoms with Crippen molar-refractivity contribution in [1.82, 2.24) is 9.80 Å². The molecule has 64 heavy (non-hydrogen) atoms. The number of hydrogen-bond acceptors (Lipinski definition) is 18. The molecule has 6 aliphatic carbocycles. The van der Waals surface area contributed by atoms with Crippen LogP contribution in [0.1, 0.15) is 35.1 Å². The van der Waals surface area contributed by atoms with Crippen molar-refractivity contribution < 1.29 is 78.4 Å². The number of nitrogens with zero attached hydrogens (tertiary/aromatic N) is 2. The number of carbonyl (C=O) groups is 6. The summed E-state index contributed by atoms with van der Waals surface area (Å²) in [5.74, 6) is -17.5. The van der Waals surface area contributed by atoms with Crippen LogP contribution in [0, 0.1) is 35.3 Å². The van der Waals surface area contributed by atoms with Gasteiger partial charge in [-0.15, -0.1) is 0 Å². The summed E-state index contributed by atoms with van der Waals surface area (Å²) in [6.45, 7) is 0. The highest BCUT2D eigenvalue weighted by atomic mass is 19.1. The van der Waals surface area contributed by atoms with E-state index < -0.39 is 145 Å². The molecule has 8 atom stereocenters. The van der Waals surface area contributed by atoms with Crippen LogP contribution in [-0.4, -0.2) is 137 Å². The van der Waals surface area contributed by atoms with E-state index in [2.05, 4.69) is 0 Å². The molecule has 2 saturated carbocycles. The smallest absolute Gasteiger partial charge is 0.255 e. The minimum absolute atomic E-state index is 0.000696.